The van der Waals surface area contributed by atoms with E-state index in [0.29, 0.717) is 40.3 Å². The largest absolute Gasteiger partial charge is 0.504 e. The van der Waals surface area contributed by atoms with Crippen LogP contribution in [0.15, 0.2) is 58.9 Å². The van der Waals surface area contributed by atoms with Gasteiger partial charge in [0.1, 0.15) is 0 Å². The van der Waals surface area contributed by atoms with Crippen LogP contribution in [0.3, 0.4) is 0 Å². The minimum atomic E-state index is -0.657. The Labute approximate surface area is 216 Å². The van der Waals surface area contributed by atoms with Crippen LogP contribution < -0.4 is 19.5 Å². The molecule has 2 atom stereocenters. The molecule has 8 nitrogen and oxygen atoms in total. The van der Waals surface area contributed by atoms with Crippen LogP contribution in [0, 0.1) is 0 Å². The summed E-state index contributed by atoms with van der Waals surface area (Å²) in [6.45, 7) is 5.38. The molecule has 4 rings (SSSR count). The number of hydrogen-bond donors (Lipinski definition) is 2. The van der Waals surface area contributed by atoms with Crippen LogP contribution in [-0.2, 0) is 14.3 Å². The molecule has 2 aromatic rings. The third-order valence-corrected chi connectivity index (χ3v) is 6.81. The number of Topliss-reactive ketones (excluding diaryl/α,β-unsaturated/α-hetero) is 1. The Balaban J connectivity index is 1.80. The second kappa shape index (κ2) is 10.6. The first kappa shape index (κ1) is 26.1. The first-order valence-electron chi connectivity index (χ1n) is 12.2. The fourth-order valence-electron chi connectivity index (χ4n) is 5.14. The van der Waals surface area contributed by atoms with Crippen LogP contribution in [0.4, 0.5) is 0 Å². The van der Waals surface area contributed by atoms with Crippen molar-refractivity contribution >= 4 is 11.8 Å². The zero-order valence-corrected chi connectivity index (χ0v) is 22.0. The lowest BCUT2D eigenvalue weighted by Gasteiger charge is -2.37. The van der Waals surface area contributed by atoms with Crippen molar-refractivity contribution in [3.63, 3.8) is 0 Å². The van der Waals surface area contributed by atoms with Gasteiger partial charge in [0.25, 0.3) is 0 Å². The normalized spacial score (nSPS) is 19.4. The van der Waals surface area contributed by atoms with Crippen LogP contribution in [0.2, 0.25) is 0 Å². The molecule has 0 unspecified atom stereocenters. The Morgan fingerprint density at radius 1 is 0.946 bits per heavy atom. The maximum atomic E-state index is 13.8. The van der Waals surface area contributed by atoms with E-state index in [0.717, 1.165) is 11.3 Å². The Hall–Kier alpha value is -3.94. The molecule has 37 heavy (non-hydrogen) atoms. The minimum Gasteiger partial charge on any atom is -0.504 e. The Bertz CT molecular complexity index is 1290. The molecule has 1 aliphatic carbocycles. The molecule has 0 radical (unpaired) electrons. The van der Waals surface area contributed by atoms with Crippen LogP contribution >= 0.6 is 0 Å². The molecule has 1 heterocycles. The summed E-state index contributed by atoms with van der Waals surface area (Å²) in [6, 6.07) is 10.6. The van der Waals surface area contributed by atoms with E-state index >= 15 is 0 Å². The number of allylic oxidation sites excluding steroid dienone is 3. The molecule has 0 saturated heterocycles. The first-order chi connectivity index (χ1) is 17.7. The lowest BCUT2D eigenvalue weighted by atomic mass is 9.71. The standard InChI is InChI=1S/C29H33NO7/c1-15(2)37-29(33)26-16(3)30-20-11-19(17-8-10-23(34-4)25(13-17)36-6)12-22(32)28(20)27(26)18-7-9-21(31)24(14-18)35-5/h7-10,13-15,19,27,30-31H,11-12H2,1-6H3/t19-,27+/m0/s1. The highest BCUT2D eigenvalue weighted by Gasteiger charge is 2.42. The molecule has 2 N–H and O–H groups in total. The van der Waals surface area contributed by atoms with Crippen molar-refractivity contribution in [2.45, 2.75) is 51.6 Å². The number of dihydropyridines is 1. The third-order valence-electron chi connectivity index (χ3n) is 6.81. The zero-order chi connectivity index (χ0) is 26.9. The van der Waals surface area contributed by atoms with Gasteiger partial charge in [0.2, 0.25) is 0 Å². The van der Waals surface area contributed by atoms with E-state index in [1.807, 2.05) is 25.1 Å². The quantitative estimate of drug-likeness (QED) is 0.519. The van der Waals surface area contributed by atoms with E-state index in [1.54, 1.807) is 40.2 Å². The monoisotopic (exact) mass is 507 g/mol. The van der Waals surface area contributed by atoms with Crippen molar-refractivity contribution < 1.29 is 33.6 Å². The van der Waals surface area contributed by atoms with Crippen LogP contribution in [-0.4, -0.2) is 44.3 Å². The summed E-state index contributed by atoms with van der Waals surface area (Å²) in [7, 11) is 4.63. The zero-order valence-electron chi connectivity index (χ0n) is 22.0. The number of benzene rings is 2. The summed E-state index contributed by atoms with van der Waals surface area (Å²) in [5.74, 6) is 0.182. The number of aromatic hydroxyl groups is 1. The molecule has 2 aliphatic rings. The predicted octanol–water partition coefficient (Wildman–Crippen LogP) is 4.73. The second-order valence-electron chi connectivity index (χ2n) is 9.52. The average molecular weight is 508 g/mol. The van der Waals surface area contributed by atoms with Crippen molar-refractivity contribution in [1.82, 2.24) is 5.32 Å². The molecule has 0 spiro atoms. The van der Waals surface area contributed by atoms with E-state index in [2.05, 4.69) is 5.32 Å². The average Bonchev–Trinajstić information content (AvgIpc) is 2.87. The van der Waals surface area contributed by atoms with Gasteiger partial charge in [-0.2, -0.15) is 0 Å². The summed E-state index contributed by atoms with van der Waals surface area (Å²) in [5, 5.41) is 13.5. The topological polar surface area (TPSA) is 103 Å². The highest BCUT2D eigenvalue weighted by molar-refractivity contribution is 6.04. The van der Waals surface area contributed by atoms with Crippen molar-refractivity contribution in [1.29, 1.82) is 0 Å². The number of methoxy groups -OCH3 is 3. The number of rotatable bonds is 7. The van der Waals surface area contributed by atoms with Crippen LogP contribution in [0.25, 0.3) is 0 Å². The van der Waals surface area contributed by atoms with Gasteiger partial charge in [-0.1, -0.05) is 12.1 Å². The van der Waals surface area contributed by atoms with Gasteiger partial charge in [0.05, 0.1) is 33.0 Å². The van der Waals surface area contributed by atoms with Crippen LogP contribution in [0.5, 0.6) is 23.0 Å². The maximum absolute atomic E-state index is 13.8. The molecule has 196 valence electrons. The van der Waals surface area contributed by atoms with Gasteiger partial charge in [-0.15, -0.1) is 0 Å². The molecule has 0 aromatic heterocycles. The number of ether oxygens (including phenoxy) is 4. The molecule has 0 fully saturated rings. The number of carbonyl (C=O) groups excluding carboxylic acids is 2. The summed E-state index contributed by atoms with van der Waals surface area (Å²) >= 11 is 0. The van der Waals surface area contributed by atoms with E-state index < -0.39 is 11.9 Å². The molecule has 0 amide bonds. The second-order valence-corrected chi connectivity index (χ2v) is 9.52. The molecule has 8 heteroatoms. The highest BCUT2D eigenvalue weighted by atomic mass is 16.5. The van der Waals surface area contributed by atoms with Gasteiger partial charge >= 0.3 is 5.97 Å². The third kappa shape index (κ3) is 5.01. The highest BCUT2D eigenvalue weighted by Crippen LogP contribution is 2.47. The molecule has 0 saturated carbocycles. The van der Waals surface area contributed by atoms with Gasteiger partial charge in [0.15, 0.2) is 28.8 Å². The summed E-state index contributed by atoms with van der Waals surface area (Å²) < 4.78 is 21.7. The van der Waals surface area contributed by atoms with E-state index in [9.17, 15) is 14.7 Å². The van der Waals surface area contributed by atoms with Crippen molar-refractivity contribution in [3.8, 4) is 23.0 Å². The van der Waals surface area contributed by atoms with Gasteiger partial charge < -0.3 is 29.4 Å². The van der Waals surface area contributed by atoms with Crippen LogP contribution in [0.1, 0.15) is 56.6 Å². The smallest absolute Gasteiger partial charge is 0.337 e. The molecule has 0 bridgehead atoms. The van der Waals surface area contributed by atoms with E-state index in [-0.39, 0.29) is 35.7 Å². The van der Waals surface area contributed by atoms with Gasteiger partial charge in [0, 0.05) is 29.3 Å². The summed E-state index contributed by atoms with van der Waals surface area (Å²) in [4.78, 5) is 27.0. The first-order valence-corrected chi connectivity index (χ1v) is 12.2. The minimum absolute atomic E-state index is 0.0233. The van der Waals surface area contributed by atoms with Gasteiger partial charge in [-0.05, 0) is 68.5 Å². The number of carbonyl (C=O) groups is 2. The summed E-state index contributed by atoms with van der Waals surface area (Å²) in [5.41, 5.74) is 3.93. The Kier molecular flexibility index (Phi) is 7.47. The van der Waals surface area contributed by atoms with Gasteiger partial charge in [-0.3, -0.25) is 4.79 Å². The van der Waals surface area contributed by atoms with E-state index in [4.69, 9.17) is 18.9 Å². The molecular weight excluding hydrogens is 474 g/mol. The number of phenols is 1. The van der Waals surface area contributed by atoms with Crippen molar-refractivity contribution in [2.24, 2.45) is 0 Å². The molecular formula is C29H33NO7. The van der Waals surface area contributed by atoms with Crippen molar-refractivity contribution in [3.05, 3.63) is 70.1 Å². The molecule has 2 aromatic carbocycles. The van der Waals surface area contributed by atoms with Crippen molar-refractivity contribution in [2.75, 3.05) is 21.3 Å². The number of nitrogens with one attached hydrogen (secondary N) is 1. The Morgan fingerprint density at radius 2 is 1.59 bits per heavy atom. The number of phenolic OH excluding ortho intramolecular Hbond substituents is 1. The fraction of sp³-hybridized carbons (Fsp3) is 0.379. The number of esters is 1. The predicted molar refractivity (Wildman–Crippen MR) is 138 cm³/mol. The lowest BCUT2D eigenvalue weighted by molar-refractivity contribution is -0.143. The Morgan fingerprint density at radius 3 is 2.24 bits per heavy atom. The van der Waals surface area contributed by atoms with Gasteiger partial charge in [-0.25, -0.2) is 4.79 Å². The van der Waals surface area contributed by atoms with E-state index in [1.165, 1.54) is 13.2 Å². The molecule has 1 aliphatic heterocycles. The summed E-state index contributed by atoms with van der Waals surface area (Å²) in [6.07, 6.45) is 0.522. The fourth-order valence-corrected chi connectivity index (χ4v) is 5.14. The maximum Gasteiger partial charge on any atom is 0.337 e. The SMILES string of the molecule is COc1cc([C@@H]2C(C(=O)OC(C)C)=C(C)NC3=C2C(=O)C[C@@H](c2ccc(OC)c(OC)c2)C3)ccc1O. The number of ketones is 1. The number of hydrogen-bond acceptors (Lipinski definition) is 8. The lowest BCUT2D eigenvalue weighted by Crippen LogP contribution is -2.36.